The monoisotopic (exact) mass is 414 g/mol. The Morgan fingerprint density at radius 1 is 1.10 bits per heavy atom. The maximum Gasteiger partial charge on any atom is 0.258 e. The van der Waals surface area contributed by atoms with Crippen LogP contribution in [0.5, 0.6) is 11.5 Å². The van der Waals surface area contributed by atoms with Crippen molar-refractivity contribution >= 4 is 11.7 Å². The van der Waals surface area contributed by atoms with Gasteiger partial charge in [-0.05, 0) is 55.7 Å². The Balaban J connectivity index is 1.43. The zero-order valence-electron chi connectivity index (χ0n) is 17.3. The van der Waals surface area contributed by atoms with Gasteiger partial charge in [0.05, 0.1) is 7.11 Å². The van der Waals surface area contributed by atoms with E-state index >= 15 is 0 Å². The Morgan fingerprint density at radius 3 is 2.43 bits per heavy atom. The van der Waals surface area contributed by atoms with Crippen molar-refractivity contribution in [2.45, 2.75) is 32.4 Å². The number of piperidine rings is 1. The van der Waals surface area contributed by atoms with Crippen molar-refractivity contribution in [3.8, 4) is 11.5 Å². The van der Waals surface area contributed by atoms with Gasteiger partial charge >= 0.3 is 0 Å². The first-order chi connectivity index (χ1) is 14.4. The Bertz CT molecular complexity index is 877. The molecule has 0 spiro atoms. The second kappa shape index (κ2) is 10.2. The lowest BCUT2D eigenvalue weighted by molar-refractivity contribution is -0.124. The minimum absolute atomic E-state index is 0.0663. The van der Waals surface area contributed by atoms with Crippen LogP contribution in [-0.4, -0.2) is 49.4 Å². The first kappa shape index (κ1) is 21.8. The van der Waals surface area contributed by atoms with E-state index in [1.54, 1.807) is 30.3 Å². The lowest BCUT2D eigenvalue weighted by Gasteiger charge is -2.32. The molecule has 1 fully saturated rings. The van der Waals surface area contributed by atoms with Gasteiger partial charge in [-0.3, -0.25) is 14.5 Å². The second-order valence-corrected chi connectivity index (χ2v) is 7.45. The number of ether oxygens (including phenoxy) is 2. The highest BCUT2D eigenvalue weighted by Crippen LogP contribution is 2.28. The molecule has 0 bridgehead atoms. The predicted molar refractivity (Wildman–Crippen MR) is 111 cm³/mol. The first-order valence-electron chi connectivity index (χ1n) is 10.0. The Labute approximate surface area is 176 Å². The average molecular weight is 414 g/mol. The standard InChI is InChI=1S/C23H27FN2O4/c1-16(27)18-5-8-21(22(13-18)29-2)30-15-23(28)25-20-9-11-26(12-10-20)14-17-3-6-19(24)7-4-17/h3-8,13,20H,9-12,14-15H2,1-2H3,(H,25,28). The number of methoxy groups -OCH3 is 1. The summed E-state index contributed by atoms with van der Waals surface area (Å²) in [7, 11) is 1.49. The molecule has 2 aromatic carbocycles. The quantitative estimate of drug-likeness (QED) is 0.672. The van der Waals surface area contributed by atoms with E-state index in [9.17, 15) is 14.0 Å². The van der Waals surface area contributed by atoms with E-state index in [2.05, 4.69) is 10.2 Å². The van der Waals surface area contributed by atoms with Crippen molar-refractivity contribution in [3.05, 3.63) is 59.4 Å². The first-order valence-corrected chi connectivity index (χ1v) is 10.0. The number of hydrogen-bond donors (Lipinski definition) is 1. The summed E-state index contributed by atoms with van der Waals surface area (Å²) in [4.78, 5) is 26.1. The molecule has 160 valence electrons. The third-order valence-corrected chi connectivity index (χ3v) is 5.20. The zero-order chi connectivity index (χ0) is 21.5. The highest BCUT2D eigenvalue weighted by Gasteiger charge is 2.21. The van der Waals surface area contributed by atoms with Gasteiger partial charge < -0.3 is 14.8 Å². The number of nitrogens with zero attached hydrogens (tertiary/aromatic N) is 1. The lowest BCUT2D eigenvalue weighted by atomic mass is 10.0. The van der Waals surface area contributed by atoms with Crippen LogP contribution in [0.3, 0.4) is 0 Å². The summed E-state index contributed by atoms with van der Waals surface area (Å²) in [6.07, 6.45) is 1.70. The topological polar surface area (TPSA) is 67.9 Å². The van der Waals surface area contributed by atoms with Gasteiger partial charge in [0.15, 0.2) is 23.9 Å². The second-order valence-electron chi connectivity index (χ2n) is 7.45. The molecule has 1 heterocycles. The normalized spacial score (nSPS) is 14.9. The summed E-state index contributed by atoms with van der Waals surface area (Å²) < 4.78 is 23.9. The van der Waals surface area contributed by atoms with Crippen LogP contribution in [0.15, 0.2) is 42.5 Å². The molecular formula is C23H27FN2O4. The fourth-order valence-electron chi connectivity index (χ4n) is 3.50. The summed E-state index contributed by atoms with van der Waals surface area (Å²) >= 11 is 0. The Kier molecular flexibility index (Phi) is 7.41. The van der Waals surface area contributed by atoms with Crippen LogP contribution in [0.1, 0.15) is 35.7 Å². The van der Waals surface area contributed by atoms with Crippen LogP contribution in [0.4, 0.5) is 4.39 Å². The number of hydrogen-bond acceptors (Lipinski definition) is 5. The van der Waals surface area contributed by atoms with Crippen molar-refractivity contribution in [3.63, 3.8) is 0 Å². The highest BCUT2D eigenvalue weighted by atomic mass is 19.1. The van der Waals surface area contributed by atoms with Crippen LogP contribution in [0.25, 0.3) is 0 Å². The Hall–Kier alpha value is -2.93. The van der Waals surface area contributed by atoms with Crippen molar-refractivity contribution in [2.75, 3.05) is 26.8 Å². The van der Waals surface area contributed by atoms with Gasteiger partial charge in [0, 0.05) is 31.2 Å². The van der Waals surface area contributed by atoms with Gasteiger partial charge in [-0.2, -0.15) is 0 Å². The van der Waals surface area contributed by atoms with Crippen LogP contribution in [-0.2, 0) is 11.3 Å². The third-order valence-electron chi connectivity index (χ3n) is 5.20. The molecule has 0 aliphatic carbocycles. The summed E-state index contributed by atoms with van der Waals surface area (Å²) in [6, 6.07) is 11.6. The van der Waals surface area contributed by atoms with Crippen LogP contribution in [0.2, 0.25) is 0 Å². The molecule has 0 radical (unpaired) electrons. The molecule has 1 amide bonds. The maximum atomic E-state index is 13.0. The lowest BCUT2D eigenvalue weighted by Crippen LogP contribution is -2.45. The van der Waals surface area contributed by atoms with Gasteiger partial charge in [0.25, 0.3) is 5.91 Å². The molecule has 0 saturated carbocycles. The minimum Gasteiger partial charge on any atom is -0.493 e. The van der Waals surface area contributed by atoms with Gasteiger partial charge in [0.1, 0.15) is 5.82 Å². The van der Waals surface area contributed by atoms with Crippen molar-refractivity contribution < 1.29 is 23.5 Å². The van der Waals surface area contributed by atoms with Gasteiger partial charge in [-0.25, -0.2) is 4.39 Å². The number of Topliss-reactive ketones (excluding diaryl/α,β-unsaturated/α-hetero) is 1. The smallest absolute Gasteiger partial charge is 0.258 e. The predicted octanol–water partition coefficient (Wildman–Crippen LogP) is 3.20. The molecule has 2 aromatic rings. The number of carbonyl (C=O) groups excluding carboxylic acids is 2. The molecule has 30 heavy (non-hydrogen) atoms. The van der Waals surface area contributed by atoms with E-state index in [1.165, 1.54) is 26.2 Å². The number of carbonyl (C=O) groups is 2. The van der Waals surface area contributed by atoms with Gasteiger partial charge in [-0.1, -0.05) is 12.1 Å². The number of nitrogens with one attached hydrogen (secondary N) is 1. The largest absolute Gasteiger partial charge is 0.493 e. The molecule has 1 aliphatic heterocycles. The number of halogens is 1. The Morgan fingerprint density at radius 2 is 1.80 bits per heavy atom. The van der Waals surface area contributed by atoms with Crippen LogP contribution < -0.4 is 14.8 Å². The van der Waals surface area contributed by atoms with E-state index in [0.717, 1.165) is 38.0 Å². The fourth-order valence-corrected chi connectivity index (χ4v) is 3.50. The van der Waals surface area contributed by atoms with E-state index < -0.39 is 0 Å². The summed E-state index contributed by atoms with van der Waals surface area (Å²) in [5, 5.41) is 3.01. The van der Waals surface area contributed by atoms with Crippen LogP contribution in [0, 0.1) is 5.82 Å². The van der Waals surface area contributed by atoms with Crippen LogP contribution >= 0.6 is 0 Å². The average Bonchev–Trinajstić information content (AvgIpc) is 2.75. The molecule has 0 unspecified atom stereocenters. The molecular weight excluding hydrogens is 387 g/mol. The number of rotatable bonds is 8. The van der Waals surface area contributed by atoms with E-state index in [0.29, 0.717) is 17.1 Å². The van der Waals surface area contributed by atoms with Crippen molar-refractivity contribution in [2.24, 2.45) is 0 Å². The molecule has 1 N–H and O–H groups in total. The summed E-state index contributed by atoms with van der Waals surface area (Å²) in [5.74, 6) is 0.360. The summed E-state index contributed by atoms with van der Waals surface area (Å²) in [5.41, 5.74) is 1.60. The number of likely N-dealkylation sites (tertiary alicyclic amines) is 1. The van der Waals surface area contributed by atoms with E-state index in [4.69, 9.17) is 9.47 Å². The minimum atomic E-state index is -0.227. The number of benzene rings is 2. The van der Waals surface area contributed by atoms with Gasteiger partial charge in [0.2, 0.25) is 0 Å². The molecule has 7 heteroatoms. The van der Waals surface area contributed by atoms with Crippen molar-refractivity contribution in [1.29, 1.82) is 0 Å². The molecule has 0 aromatic heterocycles. The maximum absolute atomic E-state index is 13.0. The molecule has 3 rings (SSSR count). The van der Waals surface area contributed by atoms with Gasteiger partial charge in [-0.15, -0.1) is 0 Å². The van der Waals surface area contributed by atoms with Crippen molar-refractivity contribution in [1.82, 2.24) is 10.2 Å². The molecule has 1 saturated heterocycles. The molecule has 6 nitrogen and oxygen atoms in total. The number of amides is 1. The molecule has 1 aliphatic rings. The molecule has 0 atom stereocenters. The van der Waals surface area contributed by atoms with E-state index in [-0.39, 0.29) is 30.2 Å². The highest BCUT2D eigenvalue weighted by molar-refractivity contribution is 5.94. The zero-order valence-corrected chi connectivity index (χ0v) is 17.3. The van der Waals surface area contributed by atoms with E-state index in [1.807, 2.05) is 0 Å². The summed E-state index contributed by atoms with van der Waals surface area (Å²) in [6.45, 7) is 3.87. The number of ketones is 1. The third kappa shape index (κ3) is 6.03. The SMILES string of the molecule is COc1cc(C(C)=O)ccc1OCC(=O)NC1CCN(Cc2ccc(F)cc2)CC1. The fraction of sp³-hybridized carbons (Fsp3) is 0.391.